The van der Waals surface area contributed by atoms with Crippen LogP contribution in [0.1, 0.15) is 18.1 Å². The molecule has 1 aliphatic heterocycles. The maximum atomic E-state index is 12.8. The van der Waals surface area contributed by atoms with Gasteiger partial charge >= 0.3 is 5.97 Å². The smallest absolute Gasteiger partial charge is 0.310 e. The average Bonchev–Trinajstić information content (AvgIpc) is 2.80. The van der Waals surface area contributed by atoms with E-state index in [-0.39, 0.29) is 29.8 Å². The van der Waals surface area contributed by atoms with Gasteiger partial charge in [-0.3, -0.25) is 9.59 Å². The molecule has 3 rings (SSSR count). The van der Waals surface area contributed by atoms with Crippen LogP contribution in [-0.4, -0.2) is 64.1 Å². The van der Waals surface area contributed by atoms with Crippen LogP contribution in [0.3, 0.4) is 0 Å². The monoisotopic (exact) mass is 476 g/mol. The summed E-state index contributed by atoms with van der Waals surface area (Å²) in [5, 5.41) is 2.72. The van der Waals surface area contributed by atoms with Crippen molar-refractivity contribution in [3.05, 3.63) is 53.6 Å². The molecule has 1 aliphatic rings. The summed E-state index contributed by atoms with van der Waals surface area (Å²) < 4.78 is 42.7. The minimum absolute atomic E-state index is 0.168. The molecule has 10 heteroatoms. The molecule has 1 N–H and O–H groups in total. The molecule has 0 spiro atoms. The Morgan fingerprint density at radius 1 is 1.09 bits per heavy atom. The molecule has 0 aliphatic carbocycles. The zero-order valence-electron chi connectivity index (χ0n) is 18.7. The van der Waals surface area contributed by atoms with E-state index in [2.05, 4.69) is 5.32 Å². The molecular weight excluding hydrogens is 448 g/mol. The van der Waals surface area contributed by atoms with Gasteiger partial charge in [0, 0.05) is 18.8 Å². The predicted octanol–water partition coefficient (Wildman–Crippen LogP) is 2.14. The number of morpholine rings is 1. The van der Waals surface area contributed by atoms with Crippen molar-refractivity contribution >= 4 is 27.6 Å². The Bertz CT molecular complexity index is 1080. The molecule has 0 atom stereocenters. The number of nitrogens with one attached hydrogen (secondary N) is 1. The van der Waals surface area contributed by atoms with Crippen molar-refractivity contribution < 1.29 is 32.2 Å². The summed E-state index contributed by atoms with van der Waals surface area (Å²) in [5.41, 5.74) is 1.96. The molecule has 1 heterocycles. The van der Waals surface area contributed by atoms with Crippen LogP contribution in [0.5, 0.6) is 5.75 Å². The first-order chi connectivity index (χ1) is 15.8. The van der Waals surface area contributed by atoms with E-state index >= 15 is 0 Å². The first kappa shape index (κ1) is 24.7. The van der Waals surface area contributed by atoms with Crippen LogP contribution in [0, 0.1) is 6.92 Å². The fraction of sp³-hybridized carbons (Fsp3) is 0.391. The van der Waals surface area contributed by atoms with E-state index in [0.717, 1.165) is 5.56 Å². The second kappa shape index (κ2) is 11.3. The zero-order valence-corrected chi connectivity index (χ0v) is 19.5. The molecule has 33 heavy (non-hydrogen) atoms. The van der Waals surface area contributed by atoms with Gasteiger partial charge in [-0.2, -0.15) is 4.31 Å². The van der Waals surface area contributed by atoms with Crippen LogP contribution < -0.4 is 10.1 Å². The third-order valence-corrected chi connectivity index (χ3v) is 6.90. The molecule has 1 saturated heterocycles. The number of carbonyl (C=O) groups is 2. The molecule has 2 aromatic rings. The van der Waals surface area contributed by atoms with Crippen molar-refractivity contribution in [3.63, 3.8) is 0 Å². The van der Waals surface area contributed by atoms with Crippen LogP contribution in [0.25, 0.3) is 0 Å². The Kier molecular flexibility index (Phi) is 8.43. The Hall–Kier alpha value is -2.95. The first-order valence-corrected chi connectivity index (χ1v) is 12.1. The van der Waals surface area contributed by atoms with Crippen molar-refractivity contribution in [3.8, 4) is 5.75 Å². The van der Waals surface area contributed by atoms with Gasteiger partial charge in [0.15, 0.2) is 6.61 Å². The summed E-state index contributed by atoms with van der Waals surface area (Å²) in [4.78, 5) is 24.0. The highest BCUT2D eigenvalue weighted by Gasteiger charge is 2.26. The molecule has 0 saturated carbocycles. The lowest BCUT2D eigenvalue weighted by atomic mass is 10.1. The summed E-state index contributed by atoms with van der Waals surface area (Å²) in [5.74, 6) is -0.241. The molecule has 0 radical (unpaired) electrons. The first-order valence-electron chi connectivity index (χ1n) is 10.7. The quantitative estimate of drug-likeness (QED) is 0.552. The maximum absolute atomic E-state index is 12.8. The second-order valence-corrected chi connectivity index (χ2v) is 9.40. The van der Waals surface area contributed by atoms with E-state index < -0.39 is 10.0 Å². The molecular formula is C23H28N2O7S. The number of aryl methyl sites for hydroxylation is 1. The molecule has 2 aromatic carbocycles. The number of nitrogens with zero attached hydrogens (tertiary/aromatic N) is 1. The van der Waals surface area contributed by atoms with E-state index in [4.69, 9.17) is 14.2 Å². The van der Waals surface area contributed by atoms with Crippen molar-refractivity contribution in [2.24, 2.45) is 0 Å². The molecule has 0 unspecified atom stereocenters. The number of hydrogen-bond acceptors (Lipinski definition) is 7. The number of amides is 1. The number of sulfonamides is 1. The average molecular weight is 477 g/mol. The van der Waals surface area contributed by atoms with Crippen LogP contribution in [-0.2, 0) is 35.5 Å². The van der Waals surface area contributed by atoms with Gasteiger partial charge in [0.05, 0.1) is 31.1 Å². The lowest BCUT2D eigenvalue weighted by molar-refractivity contribution is -0.142. The third-order valence-electron chi connectivity index (χ3n) is 5.00. The van der Waals surface area contributed by atoms with Crippen LogP contribution >= 0.6 is 0 Å². The minimum atomic E-state index is -3.60. The van der Waals surface area contributed by atoms with Gasteiger partial charge < -0.3 is 19.5 Å². The van der Waals surface area contributed by atoms with E-state index in [9.17, 15) is 18.0 Å². The SMILES string of the molecule is CCOC(=O)Cc1ccc(NC(=O)COc2ccc(S(=O)(=O)N3CCOCC3)cc2C)cc1. The van der Waals surface area contributed by atoms with Gasteiger partial charge in [0.2, 0.25) is 10.0 Å². The molecule has 0 bridgehead atoms. The summed E-state index contributed by atoms with van der Waals surface area (Å²) in [6.07, 6.45) is 0.168. The summed E-state index contributed by atoms with van der Waals surface area (Å²) >= 11 is 0. The fourth-order valence-corrected chi connectivity index (χ4v) is 4.80. The highest BCUT2D eigenvalue weighted by atomic mass is 32.2. The second-order valence-electron chi connectivity index (χ2n) is 7.46. The number of benzene rings is 2. The number of anilines is 1. The zero-order chi connectivity index (χ0) is 23.8. The molecule has 1 fully saturated rings. The van der Waals surface area contributed by atoms with Crippen LogP contribution in [0.4, 0.5) is 5.69 Å². The molecule has 9 nitrogen and oxygen atoms in total. The standard InChI is InChI=1S/C23H28N2O7S/c1-3-31-23(27)15-18-4-6-19(7-5-18)24-22(26)16-32-21-9-8-20(14-17(21)2)33(28,29)25-10-12-30-13-11-25/h4-9,14H,3,10-13,15-16H2,1-2H3,(H,24,26). The molecule has 0 aromatic heterocycles. The van der Waals surface area contributed by atoms with E-state index in [1.54, 1.807) is 50.2 Å². The van der Waals surface area contributed by atoms with Crippen LogP contribution in [0.15, 0.2) is 47.4 Å². The molecule has 1 amide bonds. The summed E-state index contributed by atoms with van der Waals surface area (Å²) in [7, 11) is -3.60. The maximum Gasteiger partial charge on any atom is 0.310 e. The van der Waals surface area contributed by atoms with Gasteiger partial charge in [-0.05, 0) is 55.3 Å². The van der Waals surface area contributed by atoms with E-state index in [1.807, 2.05) is 0 Å². The number of esters is 1. The fourth-order valence-electron chi connectivity index (χ4n) is 3.31. The normalized spacial score (nSPS) is 14.5. The minimum Gasteiger partial charge on any atom is -0.483 e. The number of carbonyl (C=O) groups excluding carboxylic acids is 2. The van der Waals surface area contributed by atoms with Crippen molar-refractivity contribution in [1.82, 2.24) is 4.31 Å². The van der Waals surface area contributed by atoms with E-state index in [0.29, 0.717) is 49.9 Å². The number of ether oxygens (including phenoxy) is 3. The van der Waals surface area contributed by atoms with Crippen molar-refractivity contribution in [2.45, 2.75) is 25.2 Å². The van der Waals surface area contributed by atoms with Gasteiger partial charge in [0.1, 0.15) is 5.75 Å². The Morgan fingerprint density at radius 3 is 2.42 bits per heavy atom. The number of hydrogen-bond donors (Lipinski definition) is 1. The number of rotatable bonds is 9. The van der Waals surface area contributed by atoms with Gasteiger partial charge in [-0.1, -0.05) is 12.1 Å². The lowest BCUT2D eigenvalue weighted by Gasteiger charge is -2.26. The Balaban J connectivity index is 1.54. The van der Waals surface area contributed by atoms with Gasteiger partial charge in [-0.15, -0.1) is 0 Å². The third kappa shape index (κ3) is 6.77. The highest BCUT2D eigenvalue weighted by Crippen LogP contribution is 2.24. The highest BCUT2D eigenvalue weighted by molar-refractivity contribution is 7.89. The van der Waals surface area contributed by atoms with Crippen LogP contribution in [0.2, 0.25) is 0 Å². The topological polar surface area (TPSA) is 111 Å². The van der Waals surface area contributed by atoms with Crippen molar-refractivity contribution in [2.75, 3.05) is 44.8 Å². The lowest BCUT2D eigenvalue weighted by Crippen LogP contribution is -2.40. The predicted molar refractivity (Wildman–Crippen MR) is 122 cm³/mol. The Labute approximate surface area is 193 Å². The van der Waals surface area contributed by atoms with Gasteiger partial charge in [0.25, 0.3) is 5.91 Å². The molecule has 178 valence electrons. The van der Waals surface area contributed by atoms with Gasteiger partial charge in [-0.25, -0.2) is 8.42 Å². The van der Waals surface area contributed by atoms with E-state index in [1.165, 1.54) is 10.4 Å². The summed E-state index contributed by atoms with van der Waals surface area (Å²) in [6, 6.07) is 11.5. The Morgan fingerprint density at radius 2 is 1.79 bits per heavy atom. The van der Waals surface area contributed by atoms with Crippen molar-refractivity contribution in [1.29, 1.82) is 0 Å². The summed E-state index contributed by atoms with van der Waals surface area (Å²) in [6.45, 7) is 4.98. The largest absolute Gasteiger partial charge is 0.483 e.